The Kier molecular flexibility index (Phi) is 6.66. The SMILES string of the molecule is CS(=O)(=O)c1ccc(NCCNC(=O)c2ccc(-c3ccccc3F)s2)c([N+](=O)[O-])c1. The molecule has 0 radical (unpaired) electrons. The molecule has 31 heavy (non-hydrogen) atoms. The first kappa shape index (κ1) is 22.4. The summed E-state index contributed by atoms with van der Waals surface area (Å²) in [6, 6.07) is 13.1. The first-order chi connectivity index (χ1) is 14.7. The topological polar surface area (TPSA) is 118 Å². The lowest BCUT2D eigenvalue weighted by atomic mass is 10.2. The monoisotopic (exact) mass is 463 g/mol. The molecule has 3 aromatic rings. The second kappa shape index (κ2) is 9.23. The molecule has 2 N–H and O–H groups in total. The molecule has 0 spiro atoms. The van der Waals surface area contributed by atoms with Gasteiger partial charge in [0, 0.05) is 35.9 Å². The third-order valence-electron chi connectivity index (χ3n) is 4.29. The van der Waals surface area contributed by atoms with Crippen molar-refractivity contribution in [2.45, 2.75) is 4.90 Å². The predicted molar refractivity (Wildman–Crippen MR) is 117 cm³/mol. The molecule has 1 amide bonds. The van der Waals surface area contributed by atoms with Gasteiger partial charge in [-0.25, -0.2) is 12.8 Å². The number of carbonyl (C=O) groups is 1. The molecule has 0 aliphatic carbocycles. The van der Waals surface area contributed by atoms with Gasteiger partial charge in [0.15, 0.2) is 9.84 Å². The quantitative estimate of drug-likeness (QED) is 0.299. The number of nitrogens with zero attached hydrogens (tertiary/aromatic N) is 1. The van der Waals surface area contributed by atoms with Crippen LogP contribution >= 0.6 is 11.3 Å². The van der Waals surface area contributed by atoms with E-state index in [0.717, 1.165) is 23.7 Å². The van der Waals surface area contributed by atoms with Gasteiger partial charge in [0.05, 0.1) is 14.7 Å². The van der Waals surface area contributed by atoms with E-state index >= 15 is 0 Å². The van der Waals surface area contributed by atoms with E-state index < -0.39 is 14.8 Å². The Balaban J connectivity index is 1.60. The second-order valence-electron chi connectivity index (χ2n) is 6.53. The largest absolute Gasteiger partial charge is 0.378 e. The maximum absolute atomic E-state index is 13.9. The number of nitro benzene ring substituents is 1. The van der Waals surface area contributed by atoms with Crippen molar-refractivity contribution >= 4 is 38.5 Å². The number of carbonyl (C=O) groups excluding carboxylic acids is 1. The summed E-state index contributed by atoms with van der Waals surface area (Å²) in [6.45, 7) is 0.340. The summed E-state index contributed by atoms with van der Waals surface area (Å²) in [7, 11) is -3.58. The van der Waals surface area contributed by atoms with Gasteiger partial charge in [-0.2, -0.15) is 0 Å². The number of benzene rings is 2. The average molecular weight is 464 g/mol. The van der Waals surface area contributed by atoms with Gasteiger partial charge in [0.2, 0.25) is 0 Å². The van der Waals surface area contributed by atoms with E-state index in [-0.39, 0.29) is 41.1 Å². The molecule has 2 aromatic carbocycles. The molecule has 1 heterocycles. The maximum Gasteiger partial charge on any atom is 0.293 e. The van der Waals surface area contributed by atoms with Crippen LogP contribution in [0.3, 0.4) is 0 Å². The van der Waals surface area contributed by atoms with Crippen LogP contribution in [0.25, 0.3) is 10.4 Å². The van der Waals surface area contributed by atoms with Crippen LogP contribution in [0.4, 0.5) is 15.8 Å². The Morgan fingerprint density at radius 3 is 2.55 bits per heavy atom. The standard InChI is InChI=1S/C20H18FN3O5S2/c1-31(28,29)13-6-7-16(17(12-13)24(26)27)22-10-11-23-20(25)19-9-8-18(30-19)14-4-2-3-5-15(14)21/h2-9,12,22H,10-11H2,1H3,(H,23,25). The van der Waals surface area contributed by atoms with Crippen molar-refractivity contribution in [3.63, 3.8) is 0 Å². The van der Waals surface area contributed by atoms with Crippen molar-refractivity contribution in [2.75, 3.05) is 24.7 Å². The zero-order valence-electron chi connectivity index (χ0n) is 16.3. The highest BCUT2D eigenvalue weighted by Gasteiger charge is 2.18. The van der Waals surface area contributed by atoms with Gasteiger partial charge in [-0.05, 0) is 30.3 Å². The minimum Gasteiger partial charge on any atom is -0.378 e. The normalized spacial score (nSPS) is 11.2. The molecular weight excluding hydrogens is 445 g/mol. The van der Waals surface area contributed by atoms with E-state index in [1.807, 2.05) is 0 Å². The number of hydrogen-bond donors (Lipinski definition) is 2. The molecule has 0 atom stereocenters. The Labute approximate surface area is 181 Å². The van der Waals surface area contributed by atoms with Crippen LogP contribution in [0.5, 0.6) is 0 Å². The number of halogens is 1. The first-order valence-electron chi connectivity index (χ1n) is 9.02. The van der Waals surface area contributed by atoms with Crippen molar-refractivity contribution in [3.05, 3.63) is 75.4 Å². The minimum atomic E-state index is -3.58. The van der Waals surface area contributed by atoms with Gasteiger partial charge in [-0.3, -0.25) is 14.9 Å². The van der Waals surface area contributed by atoms with Crippen LogP contribution in [0.1, 0.15) is 9.67 Å². The van der Waals surface area contributed by atoms with Crippen molar-refractivity contribution in [1.82, 2.24) is 5.32 Å². The average Bonchev–Trinajstić information content (AvgIpc) is 3.20. The molecule has 1 aromatic heterocycles. The summed E-state index contributed by atoms with van der Waals surface area (Å²) >= 11 is 1.15. The van der Waals surface area contributed by atoms with Crippen molar-refractivity contribution in [3.8, 4) is 10.4 Å². The Morgan fingerprint density at radius 1 is 1.13 bits per heavy atom. The van der Waals surface area contributed by atoms with Crippen LogP contribution in [0, 0.1) is 15.9 Å². The zero-order chi connectivity index (χ0) is 22.6. The molecule has 0 aliphatic rings. The van der Waals surface area contributed by atoms with Crippen LogP contribution < -0.4 is 10.6 Å². The van der Waals surface area contributed by atoms with E-state index in [2.05, 4.69) is 10.6 Å². The van der Waals surface area contributed by atoms with Crippen molar-refractivity contribution < 1.29 is 22.5 Å². The Hall–Kier alpha value is -3.31. The molecule has 0 saturated carbocycles. The van der Waals surface area contributed by atoms with Crippen molar-refractivity contribution in [2.24, 2.45) is 0 Å². The third-order valence-corrected chi connectivity index (χ3v) is 6.52. The van der Waals surface area contributed by atoms with E-state index in [9.17, 15) is 27.7 Å². The van der Waals surface area contributed by atoms with Gasteiger partial charge in [-0.15, -0.1) is 11.3 Å². The number of thiophene rings is 1. The number of nitro groups is 1. The van der Waals surface area contributed by atoms with Gasteiger partial charge < -0.3 is 10.6 Å². The summed E-state index contributed by atoms with van der Waals surface area (Å²) in [5.41, 5.74) is 0.185. The lowest BCUT2D eigenvalue weighted by Crippen LogP contribution is -2.28. The van der Waals surface area contributed by atoms with Gasteiger partial charge >= 0.3 is 0 Å². The number of sulfone groups is 1. The van der Waals surface area contributed by atoms with Crippen molar-refractivity contribution in [1.29, 1.82) is 0 Å². The van der Waals surface area contributed by atoms with E-state index in [1.54, 1.807) is 30.3 Å². The first-order valence-corrected chi connectivity index (χ1v) is 11.7. The molecule has 11 heteroatoms. The molecule has 0 unspecified atom stereocenters. The molecule has 0 fully saturated rings. The van der Waals surface area contributed by atoms with Crippen LogP contribution in [0.2, 0.25) is 0 Å². The maximum atomic E-state index is 13.9. The summed E-state index contributed by atoms with van der Waals surface area (Å²) in [5.74, 6) is -0.722. The second-order valence-corrected chi connectivity index (χ2v) is 9.63. The number of hydrogen-bond acceptors (Lipinski definition) is 7. The Morgan fingerprint density at radius 2 is 1.87 bits per heavy atom. The molecule has 3 rings (SSSR count). The fourth-order valence-electron chi connectivity index (χ4n) is 2.77. The van der Waals surface area contributed by atoms with E-state index in [4.69, 9.17) is 0 Å². The fourth-order valence-corrected chi connectivity index (χ4v) is 4.36. The van der Waals surface area contributed by atoms with E-state index in [0.29, 0.717) is 15.3 Å². The molecule has 8 nitrogen and oxygen atoms in total. The van der Waals surface area contributed by atoms with Crippen LogP contribution in [-0.2, 0) is 9.84 Å². The molecule has 0 aliphatic heterocycles. The highest BCUT2D eigenvalue weighted by Crippen LogP contribution is 2.30. The number of anilines is 1. The minimum absolute atomic E-state index is 0.143. The summed E-state index contributed by atoms with van der Waals surface area (Å²) in [5, 5.41) is 16.7. The number of amides is 1. The fraction of sp³-hybridized carbons (Fsp3) is 0.150. The number of nitrogens with one attached hydrogen (secondary N) is 2. The zero-order valence-corrected chi connectivity index (χ0v) is 17.9. The highest BCUT2D eigenvalue weighted by atomic mass is 32.2. The van der Waals surface area contributed by atoms with Crippen LogP contribution in [-0.4, -0.2) is 38.6 Å². The highest BCUT2D eigenvalue weighted by molar-refractivity contribution is 7.90. The number of rotatable bonds is 8. The lowest BCUT2D eigenvalue weighted by molar-refractivity contribution is -0.384. The van der Waals surface area contributed by atoms with Crippen LogP contribution in [0.15, 0.2) is 59.5 Å². The molecule has 162 valence electrons. The lowest BCUT2D eigenvalue weighted by Gasteiger charge is -2.09. The predicted octanol–water partition coefficient (Wildman–Crippen LogP) is 3.71. The molecule has 0 bridgehead atoms. The third kappa shape index (κ3) is 5.44. The summed E-state index contributed by atoms with van der Waals surface area (Å²) in [4.78, 5) is 23.8. The van der Waals surface area contributed by atoms with Gasteiger partial charge in [0.25, 0.3) is 11.6 Å². The smallest absolute Gasteiger partial charge is 0.293 e. The Bertz CT molecular complexity index is 1240. The van der Waals surface area contributed by atoms with Gasteiger partial charge in [-0.1, -0.05) is 18.2 Å². The summed E-state index contributed by atoms with van der Waals surface area (Å²) in [6.07, 6.45) is 0.969. The molecular formula is C20H18FN3O5S2. The summed E-state index contributed by atoms with van der Waals surface area (Å²) < 4.78 is 37.1. The van der Waals surface area contributed by atoms with Gasteiger partial charge in [0.1, 0.15) is 11.5 Å². The van der Waals surface area contributed by atoms with E-state index in [1.165, 1.54) is 18.2 Å². The molecule has 0 saturated heterocycles.